The van der Waals surface area contributed by atoms with E-state index >= 15 is 0 Å². The third kappa shape index (κ3) is 3.50. The summed E-state index contributed by atoms with van der Waals surface area (Å²) in [5.74, 6) is 0.143. The van der Waals surface area contributed by atoms with Crippen LogP contribution >= 0.6 is 0 Å². The Morgan fingerprint density at radius 1 is 1.25 bits per heavy atom. The fourth-order valence-corrected chi connectivity index (χ4v) is 3.66. The van der Waals surface area contributed by atoms with Crippen molar-refractivity contribution in [2.24, 2.45) is 0 Å². The minimum Gasteiger partial charge on any atom is -0.340 e. The standard InChI is InChI=1S/C19H25N3O2/c1-2-22(15-8-4-3-5-9-15)18(23)12-13-21-14-20-17-11-7-6-10-16(17)19(21)24/h6-7,10-11,14-15H,2-5,8-9,12-13H2,1H3. The van der Waals surface area contributed by atoms with Crippen LogP contribution in [0, 0.1) is 0 Å². The number of fused-ring (bicyclic) bond motifs is 1. The number of aromatic nitrogens is 2. The molecule has 1 aromatic carbocycles. The van der Waals surface area contributed by atoms with Gasteiger partial charge >= 0.3 is 0 Å². The van der Waals surface area contributed by atoms with Crippen molar-refractivity contribution in [3.8, 4) is 0 Å². The zero-order valence-electron chi connectivity index (χ0n) is 14.3. The van der Waals surface area contributed by atoms with E-state index in [4.69, 9.17) is 0 Å². The first kappa shape index (κ1) is 16.7. The maximum Gasteiger partial charge on any atom is 0.261 e. The molecule has 0 aliphatic heterocycles. The highest BCUT2D eigenvalue weighted by atomic mass is 16.2. The van der Waals surface area contributed by atoms with Crippen LogP contribution in [0.15, 0.2) is 35.4 Å². The van der Waals surface area contributed by atoms with Gasteiger partial charge in [-0.1, -0.05) is 31.4 Å². The molecule has 1 aliphatic rings. The van der Waals surface area contributed by atoms with Crippen molar-refractivity contribution >= 4 is 16.8 Å². The lowest BCUT2D eigenvalue weighted by atomic mass is 9.94. The minimum atomic E-state index is -0.0749. The zero-order chi connectivity index (χ0) is 16.9. The van der Waals surface area contributed by atoms with Crippen LogP contribution in [-0.4, -0.2) is 32.9 Å². The van der Waals surface area contributed by atoms with Gasteiger partial charge in [0.2, 0.25) is 5.91 Å². The lowest BCUT2D eigenvalue weighted by Gasteiger charge is -2.33. The van der Waals surface area contributed by atoms with Crippen LogP contribution in [-0.2, 0) is 11.3 Å². The van der Waals surface area contributed by atoms with Crippen molar-refractivity contribution in [2.45, 2.75) is 58.0 Å². The van der Waals surface area contributed by atoms with Crippen molar-refractivity contribution in [3.05, 3.63) is 40.9 Å². The van der Waals surface area contributed by atoms with Gasteiger partial charge in [0.05, 0.1) is 17.2 Å². The lowest BCUT2D eigenvalue weighted by molar-refractivity contribution is -0.134. The van der Waals surface area contributed by atoms with Crippen LogP contribution in [0.25, 0.3) is 10.9 Å². The Morgan fingerprint density at radius 2 is 2.00 bits per heavy atom. The summed E-state index contributed by atoms with van der Waals surface area (Å²) in [6.07, 6.45) is 7.82. The number of amides is 1. The van der Waals surface area contributed by atoms with Crippen LogP contribution in [0.5, 0.6) is 0 Å². The molecule has 1 amide bonds. The number of hydrogen-bond donors (Lipinski definition) is 0. The molecule has 1 saturated carbocycles. The molecule has 1 aliphatic carbocycles. The average molecular weight is 327 g/mol. The third-order valence-electron chi connectivity index (χ3n) is 4.97. The van der Waals surface area contributed by atoms with Gasteiger partial charge in [-0.2, -0.15) is 0 Å². The van der Waals surface area contributed by atoms with Gasteiger partial charge in [-0.25, -0.2) is 4.98 Å². The van der Waals surface area contributed by atoms with Gasteiger partial charge < -0.3 is 4.90 Å². The van der Waals surface area contributed by atoms with E-state index < -0.39 is 0 Å². The molecule has 1 fully saturated rings. The SMILES string of the molecule is CCN(C(=O)CCn1cnc2ccccc2c1=O)C1CCCCC1. The Labute approximate surface area is 142 Å². The zero-order valence-corrected chi connectivity index (χ0v) is 14.3. The summed E-state index contributed by atoms with van der Waals surface area (Å²) in [6.45, 7) is 3.17. The molecular weight excluding hydrogens is 302 g/mol. The van der Waals surface area contributed by atoms with Crippen LogP contribution in [0.4, 0.5) is 0 Å². The molecule has 0 saturated heterocycles. The topological polar surface area (TPSA) is 55.2 Å². The molecule has 0 unspecified atom stereocenters. The molecule has 0 radical (unpaired) electrons. The van der Waals surface area contributed by atoms with E-state index in [1.165, 1.54) is 19.3 Å². The number of carbonyl (C=O) groups excluding carboxylic acids is 1. The first-order valence-corrected chi connectivity index (χ1v) is 8.94. The van der Waals surface area contributed by atoms with E-state index in [0.717, 1.165) is 19.4 Å². The number of nitrogens with zero attached hydrogens (tertiary/aromatic N) is 3. The van der Waals surface area contributed by atoms with Crippen LogP contribution in [0.2, 0.25) is 0 Å². The van der Waals surface area contributed by atoms with Crippen molar-refractivity contribution in [1.29, 1.82) is 0 Å². The van der Waals surface area contributed by atoms with Crippen molar-refractivity contribution in [2.75, 3.05) is 6.54 Å². The highest BCUT2D eigenvalue weighted by molar-refractivity contribution is 5.77. The number of carbonyl (C=O) groups is 1. The normalized spacial score (nSPS) is 15.5. The Morgan fingerprint density at radius 3 is 2.75 bits per heavy atom. The quantitative estimate of drug-likeness (QED) is 0.848. The smallest absolute Gasteiger partial charge is 0.261 e. The van der Waals surface area contributed by atoms with Crippen molar-refractivity contribution in [3.63, 3.8) is 0 Å². The van der Waals surface area contributed by atoms with Gasteiger partial charge in [-0.05, 0) is 31.9 Å². The second kappa shape index (κ2) is 7.60. The second-order valence-electron chi connectivity index (χ2n) is 6.48. The molecule has 2 aromatic rings. The van der Waals surface area contributed by atoms with Gasteiger partial charge in [0.25, 0.3) is 5.56 Å². The number of aryl methyl sites for hydroxylation is 1. The minimum absolute atomic E-state index is 0.0749. The van der Waals surface area contributed by atoms with Gasteiger partial charge in [0.15, 0.2) is 0 Å². The summed E-state index contributed by atoms with van der Waals surface area (Å²) in [4.78, 5) is 31.4. The molecule has 1 heterocycles. The molecule has 128 valence electrons. The highest BCUT2D eigenvalue weighted by Crippen LogP contribution is 2.23. The number of para-hydroxylation sites is 1. The van der Waals surface area contributed by atoms with Crippen LogP contribution in [0.3, 0.4) is 0 Å². The Kier molecular flexibility index (Phi) is 5.28. The van der Waals surface area contributed by atoms with Crippen molar-refractivity contribution < 1.29 is 4.79 Å². The molecule has 5 heteroatoms. The summed E-state index contributed by atoms with van der Waals surface area (Å²) < 4.78 is 1.55. The monoisotopic (exact) mass is 327 g/mol. The predicted octanol–water partition coefficient (Wildman–Crippen LogP) is 2.97. The van der Waals surface area contributed by atoms with E-state index in [0.29, 0.717) is 29.9 Å². The van der Waals surface area contributed by atoms with E-state index in [1.54, 1.807) is 17.0 Å². The fraction of sp³-hybridized carbons (Fsp3) is 0.526. The molecule has 5 nitrogen and oxygen atoms in total. The summed E-state index contributed by atoms with van der Waals surface area (Å²) in [6, 6.07) is 7.69. The van der Waals surface area contributed by atoms with Gasteiger partial charge in [0.1, 0.15) is 0 Å². The maximum absolute atomic E-state index is 12.6. The van der Waals surface area contributed by atoms with Crippen LogP contribution in [0.1, 0.15) is 45.4 Å². The summed E-state index contributed by atoms with van der Waals surface area (Å²) in [7, 11) is 0. The average Bonchev–Trinajstić information content (AvgIpc) is 2.63. The number of hydrogen-bond acceptors (Lipinski definition) is 3. The third-order valence-corrected chi connectivity index (χ3v) is 4.97. The van der Waals surface area contributed by atoms with E-state index in [1.807, 2.05) is 30.0 Å². The summed E-state index contributed by atoms with van der Waals surface area (Å²) in [5.41, 5.74) is 0.622. The van der Waals surface area contributed by atoms with E-state index in [-0.39, 0.29) is 11.5 Å². The molecule has 3 rings (SSSR count). The highest BCUT2D eigenvalue weighted by Gasteiger charge is 2.23. The number of benzene rings is 1. The number of rotatable bonds is 5. The largest absolute Gasteiger partial charge is 0.340 e. The molecule has 0 bridgehead atoms. The Bertz CT molecular complexity index is 763. The lowest BCUT2D eigenvalue weighted by Crippen LogP contribution is -2.41. The van der Waals surface area contributed by atoms with E-state index in [9.17, 15) is 9.59 Å². The van der Waals surface area contributed by atoms with Gasteiger partial charge in [0, 0.05) is 25.6 Å². The molecule has 0 spiro atoms. The van der Waals surface area contributed by atoms with Crippen molar-refractivity contribution in [1.82, 2.24) is 14.5 Å². The van der Waals surface area contributed by atoms with Gasteiger partial charge in [-0.3, -0.25) is 14.2 Å². The van der Waals surface area contributed by atoms with Gasteiger partial charge in [-0.15, -0.1) is 0 Å². The molecule has 0 atom stereocenters. The second-order valence-corrected chi connectivity index (χ2v) is 6.48. The first-order valence-electron chi connectivity index (χ1n) is 8.94. The van der Waals surface area contributed by atoms with Crippen LogP contribution < -0.4 is 5.56 Å². The first-order chi connectivity index (χ1) is 11.7. The van der Waals surface area contributed by atoms with E-state index in [2.05, 4.69) is 4.98 Å². The Hall–Kier alpha value is -2.17. The fourth-order valence-electron chi connectivity index (χ4n) is 3.66. The summed E-state index contributed by atoms with van der Waals surface area (Å²) in [5, 5.41) is 0.604. The Balaban J connectivity index is 1.69. The summed E-state index contributed by atoms with van der Waals surface area (Å²) >= 11 is 0. The maximum atomic E-state index is 12.6. The molecular formula is C19H25N3O2. The molecule has 24 heavy (non-hydrogen) atoms. The molecule has 0 N–H and O–H groups in total. The molecule has 1 aromatic heterocycles. The predicted molar refractivity (Wildman–Crippen MR) is 94.9 cm³/mol.